The Morgan fingerprint density at radius 3 is 2.84 bits per heavy atom. The second-order valence-electron chi connectivity index (χ2n) is 4.45. The molecule has 0 spiro atoms. The van der Waals surface area contributed by atoms with Crippen molar-refractivity contribution < 1.29 is 0 Å². The third-order valence-electron chi connectivity index (χ3n) is 2.93. The summed E-state index contributed by atoms with van der Waals surface area (Å²) in [5, 5.41) is 3.25. The maximum Gasteiger partial charge on any atom is 0.205 e. The first-order valence-corrected chi connectivity index (χ1v) is 6.69. The first-order chi connectivity index (χ1) is 9.11. The molecule has 0 unspecified atom stereocenters. The number of nitrogens with two attached hydrogens (primary N) is 1. The highest BCUT2D eigenvalue weighted by atomic mass is 79.9. The van der Waals surface area contributed by atoms with Crippen LogP contribution < -0.4 is 11.1 Å². The minimum atomic E-state index is 0.710. The minimum Gasteiger partial charge on any atom is -0.399 e. The lowest BCUT2D eigenvalue weighted by atomic mass is 10.2. The van der Waals surface area contributed by atoms with Gasteiger partial charge in [0.2, 0.25) is 5.95 Å². The van der Waals surface area contributed by atoms with Gasteiger partial charge in [0, 0.05) is 15.8 Å². The van der Waals surface area contributed by atoms with Crippen LogP contribution in [0.1, 0.15) is 5.56 Å². The fourth-order valence-electron chi connectivity index (χ4n) is 1.95. The first kappa shape index (κ1) is 12.0. The molecule has 1 heterocycles. The molecule has 0 amide bonds. The zero-order valence-corrected chi connectivity index (χ0v) is 12.0. The van der Waals surface area contributed by atoms with Gasteiger partial charge in [0.15, 0.2) is 0 Å². The van der Waals surface area contributed by atoms with E-state index in [0.29, 0.717) is 5.95 Å². The van der Waals surface area contributed by atoms with Crippen LogP contribution in [0.15, 0.2) is 40.9 Å². The van der Waals surface area contributed by atoms with E-state index in [1.165, 1.54) is 5.56 Å². The van der Waals surface area contributed by atoms with Crippen molar-refractivity contribution in [3.63, 3.8) is 0 Å². The van der Waals surface area contributed by atoms with E-state index in [2.05, 4.69) is 44.2 Å². The van der Waals surface area contributed by atoms with Crippen LogP contribution in [0.3, 0.4) is 0 Å². The second-order valence-corrected chi connectivity index (χ2v) is 5.31. The molecule has 0 radical (unpaired) electrons. The molecule has 96 valence electrons. The third-order valence-corrected chi connectivity index (χ3v) is 3.82. The number of aromatic amines is 1. The standard InChI is InChI=1S/C14H13BrN4/c1-8-6-10(3-4-11(8)15)17-14-18-12-5-2-9(16)7-13(12)19-14/h2-7H,16H2,1H3,(H2,17,18,19). The van der Waals surface area contributed by atoms with Gasteiger partial charge >= 0.3 is 0 Å². The number of H-pyrrole nitrogens is 1. The van der Waals surface area contributed by atoms with Crippen LogP contribution in [-0.4, -0.2) is 9.97 Å². The molecular weight excluding hydrogens is 304 g/mol. The predicted octanol–water partition coefficient (Wildman–Crippen LogP) is 3.96. The smallest absolute Gasteiger partial charge is 0.205 e. The topological polar surface area (TPSA) is 66.7 Å². The molecule has 2 aromatic carbocycles. The van der Waals surface area contributed by atoms with Crippen molar-refractivity contribution >= 4 is 44.3 Å². The second kappa shape index (κ2) is 4.59. The molecule has 0 fully saturated rings. The monoisotopic (exact) mass is 316 g/mol. The summed E-state index contributed by atoms with van der Waals surface area (Å²) in [5.74, 6) is 0.710. The largest absolute Gasteiger partial charge is 0.399 e. The number of imidazole rings is 1. The number of hydrogen-bond donors (Lipinski definition) is 3. The normalized spacial score (nSPS) is 10.8. The molecule has 0 bridgehead atoms. The molecule has 0 aliphatic carbocycles. The Labute approximate surface area is 119 Å². The lowest BCUT2D eigenvalue weighted by Gasteiger charge is -2.04. The molecule has 0 aliphatic heterocycles. The van der Waals surface area contributed by atoms with E-state index >= 15 is 0 Å². The van der Waals surface area contributed by atoms with Crippen molar-refractivity contribution in [2.24, 2.45) is 0 Å². The summed E-state index contributed by atoms with van der Waals surface area (Å²) in [6.07, 6.45) is 0. The van der Waals surface area contributed by atoms with E-state index in [4.69, 9.17) is 5.73 Å². The summed E-state index contributed by atoms with van der Waals surface area (Å²) in [6, 6.07) is 11.7. The number of nitrogens with zero attached hydrogens (tertiary/aromatic N) is 1. The predicted molar refractivity (Wildman–Crippen MR) is 82.7 cm³/mol. The average Bonchev–Trinajstić information content (AvgIpc) is 2.75. The molecule has 3 aromatic rings. The van der Waals surface area contributed by atoms with Gasteiger partial charge in [-0.2, -0.15) is 0 Å². The molecule has 0 saturated heterocycles. The minimum absolute atomic E-state index is 0.710. The van der Waals surface area contributed by atoms with E-state index in [1.807, 2.05) is 30.3 Å². The van der Waals surface area contributed by atoms with Gasteiger partial charge in [-0.25, -0.2) is 4.98 Å². The maximum absolute atomic E-state index is 5.75. The Kier molecular flexibility index (Phi) is 2.91. The highest BCUT2D eigenvalue weighted by Gasteiger charge is 2.04. The molecule has 1 aromatic heterocycles. The zero-order valence-electron chi connectivity index (χ0n) is 10.4. The Hall–Kier alpha value is -2.01. The van der Waals surface area contributed by atoms with Crippen molar-refractivity contribution in [3.8, 4) is 0 Å². The Morgan fingerprint density at radius 1 is 1.21 bits per heavy atom. The summed E-state index contributed by atoms with van der Waals surface area (Å²) >= 11 is 3.49. The fourth-order valence-corrected chi connectivity index (χ4v) is 2.19. The average molecular weight is 317 g/mol. The Bertz CT molecular complexity index is 748. The molecule has 19 heavy (non-hydrogen) atoms. The Morgan fingerprint density at radius 2 is 2.05 bits per heavy atom. The zero-order chi connectivity index (χ0) is 13.4. The summed E-state index contributed by atoms with van der Waals surface area (Å²) in [4.78, 5) is 7.67. The number of nitrogens with one attached hydrogen (secondary N) is 2. The van der Waals surface area contributed by atoms with Crippen LogP contribution in [0, 0.1) is 6.92 Å². The van der Waals surface area contributed by atoms with Gasteiger partial charge < -0.3 is 16.0 Å². The fraction of sp³-hybridized carbons (Fsp3) is 0.0714. The van der Waals surface area contributed by atoms with Gasteiger partial charge in [-0.1, -0.05) is 15.9 Å². The maximum atomic E-state index is 5.75. The van der Waals surface area contributed by atoms with Crippen LogP contribution in [0.5, 0.6) is 0 Å². The van der Waals surface area contributed by atoms with Crippen LogP contribution in [0.4, 0.5) is 17.3 Å². The van der Waals surface area contributed by atoms with Crippen LogP contribution >= 0.6 is 15.9 Å². The summed E-state index contributed by atoms with van der Waals surface area (Å²) in [5.41, 5.74) is 10.5. The Balaban J connectivity index is 1.94. The van der Waals surface area contributed by atoms with Gasteiger partial charge in [-0.3, -0.25) is 0 Å². The lowest BCUT2D eigenvalue weighted by Crippen LogP contribution is -1.92. The lowest BCUT2D eigenvalue weighted by molar-refractivity contribution is 1.30. The van der Waals surface area contributed by atoms with E-state index in [0.717, 1.165) is 26.9 Å². The molecule has 0 saturated carbocycles. The van der Waals surface area contributed by atoms with Gasteiger partial charge in [-0.05, 0) is 48.9 Å². The summed E-state index contributed by atoms with van der Waals surface area (Å²) < 4.78 is 1.09. The van der Waals surface area contributed by atoms with Crippen LogP contribution in [-0.2, 0) is 0 Å². The van der Waals surface area contributed by atoms with Crippen molar-refractivity contribution in [2.45, 2.75) is 6.92 Å². The van der Waals surface area contributed by atoms with Gasteiger partial charge in [0.1, 0.15) is 0 Å². The van der Waals surface area contributed by atoms with E-state index < -0.39 is 0 Å². The van der Waals surface area contributed by atoms with Gasteiger partial charge in [-0.15, -0.1) is 0 Å². The summed E-state index contributed by atoms with van der Waals surface area (Å²) in [7, 11) is 0. The SMILES string of the molecule is Cc1cc(Nc2nc3ccc(N)cc3[nH]2)ccc1Br. The quantitative estimate of drug-likeness (QED) is 0.627. The molecule has 4 nitrogen and oxygen atoms in total. The van der Waals surface area contributed by atoms with Crippen molar-refractivity contribution in [1.82, 2.24) is 9.97 Å². The molecular formula is C14H13BrN4. The van der Waals surface area contributed by atoms with E-state index in [1.54, 1.807) is 0 Å². The molecule has 4 N–H and O–H groups in total. The van der Waals surface area contributed by atoms with Gasteiger partial charge in [0.25, 0.3) is 0 Å². The van der Waals surface area contributed by atoms with Crippen molar-refractivity contribution in [1.29, 1.82) is 0 Å². The number of halogens is 1. The third kappa shape index (κ3) is 2.42. The van der Waals surface area contributed by atoms with Crippen molar-refractivity contribution in [3.05, 3.63) is 46.4 Å². The number of hydrogen-bond acceptors (Lipinski definition) is 3. The number of anilines is 3. The molecule has 3 rings (SSSR count). The number of benzene rings is 2. The highest BCUT2D eigenvalue weighted by Crippen LogP contribution is 2.23. The van der Waals surface area contributed by atoms with Crippen LogP contribution in [0.2, 0.25) is 0 Å². The number of nitrogen functional groups attached to an aromatic ring is 1. The molecule has 5 heteroatoms. The van der Waals surface area contributed by atoms with Crippen molar-refractivity contribution in [2.75, 3.05) is 11.1 Å². The number of rotatable bonds is 2. The molecule has 0 atom stereocenters. The molecule has 0 aliphatic rings. The summed E-state index contributed by atoms with van der Waals surface area (Å²) in [6.45, 7) is 2.05. The number of aromatic nitrogens is 2. The number of aryl methyl sites for hydroxylation is 1. The van der Waals surface area contributed by atoms with Gasteiger partial charge in [0.05, 0.1) is 11.0 Å². The number of fused-ring (bicyclic) bond motifs is 1. The van der Waals surface area contributed by atoms with E-state index in [9.17, 15) is 0 Å². The van der Waals surface area contributed by atoms with Crippen LogP contribution in [0.25, 0.3) is 11.0 Å². The van der Waals surface area contributed by atoms with E-state index in [-0.39, 0.29) is 0 Å². The first-order valence-electron chi connectivity index (χ1n) is 5.90. The highest BCUT2D eigenvalue weighted by molar-refractivity contribution is 9.10.